The molecule has 1 aliphatic heterocycles. The molecule has 1 aliphatic rings. The molecule has 0 bridgehead atoms. The van der Waals surface area contributed by atoms with E-state index in [2.05, 4.69) is 31.3 Å². The molecule has 0 radical (unpaired) electrons. The second-order valence-electron chi connectivity index (χ2n) is 4.33. The van der Waals surface area contributed by atoms with E-state index in [1.54, 1.807) is 0 Å². The van der Waals surface area contributed by atoms with Crippen molar-refractivity contribution in [1.82, 2.24) is 31.3 Å². The van der Waals surface area contributed by atoms with E-state index < -0.39 is 5.54 Å². The molecule has 0 spiro atoms. The van der Waals surface area contributed by atoms with Gasteiger partial charge in [-0.05, 0) is 33.2 Å². The third-order valence-corrected chi connectivity index (χ3v) is 2.97. The molecule has 88 valence electrons. The van der Waals surface area contributed by atoms with Crippen LogP contribution in [0, 0.1) is 0 Å². The van der Waals surface area contributed by atoms with E-state index in [1.165, 1.54) is 0 Å². The summed E-state index contributed by atoms with van der Waals surface area (Å²) in [4.78, 5) is 12.0. The number of aromatic amines is 1. The molecule has 7 nitrogen and oxygen atoms in total. The summed E-state index contributed by atoms with van der Waals surface area (Å²) in [6, 6.07) is -0.231. The first kappa shape index (κ1) is 11.0. The molecular weight excluding hydrogens is 208 g/mol. The molecule has 2 heterocycles. The predicted molar refractivity (Wildman–Crippen MR) is 56.4 cm³/mol. The minimum Gasteiger partial charge on any atom is -0.345 e. The van der Waals surface area contributed by atoms with E-state index in [4.69, 9.17) is 0 Å². The monoisotopic (exact) mass is 224 g/mol. The minimum atomic E-state index is -0.460. The number of rotatable bonds is 3. The fourth-order valence-corrected chi connectivity index (χ4v) is 1.86. The van der Waals surface area contributed by atoms with Crippen molar-refractivity contribution in [2.75, 3.05) is 6.54 Å². The largest absolute Gasteiger partial charge is 0.345 e. The normalized spacial score (nSPS) is 26.6. The average Bonchev–Trinajstić information content (AvgIpc) is 2.88. The number of tetrazole rings is 1. The average molecular weight is 224 g/mol. The summed E-state index contributed by atoms with van der Waals surface area (Å²) < 4.78 is 0. The molecule has 0 aromatic carbocycles. The van der Waals surface area contributed by atoms with E-state index in [0.717, 1.165) is 19.4 Å². The van der Waals surface area contributed by atoms with Crippen molar-refractivity contribution in [3.8, 4) is 0 Å². The van der Waals surface area contributed by atoms with Crippen LogP contribution in [0.3, 0.4) is 0 Å². The Hall–Kier alpha value is -1.50. The van der Waals surface area contributed by atoms with Crippen LogP contribution in [0.4, 0.5) is 0 Å². The lowest BCUT2D eigenvalue weighted by Gasteiger charge is -2.24. The van der Waals surface area contributed by atoms with Gasteiger partial charge < -0.3 is 10.6 Å². The minimum absolute atomic E-state index is 0.0118. The molecular formula is C9H16N6O. The van der Waals surface area contributed by atoms with Gasteiger partial charge in [-0.25, -0.2) is 0 Å². The Balaban J connectivity index is 1.97. The smallest absolute Gasteiger partial charge is 0.240 e. The molecule has 7 heteroatoms. The summed E-state index contributed by atoms with van der Waals surface area (Å²) in [6.07, 6.45) is 1.89. The van der Waals surface area contributed by atoms with Crippen molar-refractivity contribution < 1.29 is 4.79 Å². The van der Waals surface area contributed by atoms with E-state index in [1.807, 2.05) is 13.8 Å². The van der Waals surface area contributed by atoms with Crippen LogP contribution >= 0.6 is 0 Å². The number of amides is 1. The van der Waals surface area contributed by atoms with Gasteiger partial charge in [0.05, 0.1) is 11.6 Å². The highest BCUT2D eigenvalue weighted by molar-refractivity contribution is 5.86. The van der Waals surface area contributed by atoms with Gasteiger partial charge in [0.25, 0.3) is 0 Å². The molecule has 16 heavy (non-hydrogen) atoms. The van der Waals surface area contributed by atoms with Crippen LogP contribution in [-0.4, -0.2) is 38.6 Å². The Labute approximate surface area is 93.4 Å². The maximum absolute atomic E-state index is 12.0. The van der Waals surface area contributed by atoms with Crippen LogP contribution < -0.4 is 10.6 Å². The van der Waals surface area contributed by atoms with Crippen molar-refractivity contribution in [3.05, 3.63) is 5.82 Å². The van der Waals surface area contributed by atoms with Crippen LogP contribution in [0.25, 0.3) is 0 Å². The molecule has 1 aromatic rings. The number of hydrogen-bond acceptors (Lipinski definition) is 5. The van der Waals surface area contributed by atoms with Crippen LogP contribution in [-0.2, 0) is 4.79 Å². The number of hydrogen-bond donors (Lipinski definition) is 3. The summed E-state index contributed by atoms with van der Waals surface area (Å²) in [5.74, 6) is 0.484. The standard InChI is InChI=1S/C9H16N6O/c1-6(7-12-14-15-13-7)11-8(16)9(2)4-3-5-10-9/h6,10H,3-5H2,1-2H3,(H,11,16)(H,12,13,14,15). The first-order chi connectivity index (χ1) is 7.62. The number of carbonyl (C=O) groups is 1. The quantitative estimate of drug-likeness (QED) is 0.644. The lowest BCUT2D eigenvalue weighted by atomic mass is 9.99. The fraction of sp³-hybridized carbons (Fsp3) is 0.778. The van der Waals surface area contributed by atoms with Gasteiger partial charge in [-0.2, -0.15) is 5.21 Å². The Morgan fingerprint density at radius 1 is 1.62 bits per heavy atom. The lowest BCUT2D eigenvalue weighted by molar-refractivity contribution is -0.127. The molecule has 2 atom stereocenters. The van der Waals surface area contributed by atoms with Gasteiger partial charge in [0.2, 0.25) is 5.91 Å². The molecule has 1 fully saturated rings. The van der Waals surface area contributed by atoms with Crippen molar-refractivity contribution in [3.63, 3.8) is 0 Å². The molecule has 1 saturated heterocycles. The van der Waals surface area contributed by atoms with Crippen molar-refractivity contribution in [1.29, 1.82) is 0 Å². The Morgan fingerprint density at radius 2 is 2.44 bits per heavy atom. The Morgan fingerprint density at radius 3 is 3.00 bits per heavy atom. The number of H-pyrrole nitrogens is 1. The molecule has 2 rings (SSSR count). The second kappa shape index (κ2) is 4.17. The van der Waals surface area contributed by atoms with E-state index in [-0.39, 0.29) is 11.9 Å². The maximum atomic E-state index is 12.0. The lowest BCUT2D eigenvalue weighted by Crippen LogP contribution is -2.51. The van der Waals surface area contributed by atoms with Crippen LogP contribution in [0.5, 0.6) is 0 Å². The van der Waals surface area contributed by atoms with Gasteiger partial charge in [-0.15, -0.1) is 10.2 Å². The molecule has 2 unspecified atom stereocenters. The van der Waals surface area contributed by atoms with Gasteiger partial charge in [0.15, 0.2) is 5.82 Å². The molecule has 0 aliphatic carbocycles. The molecule has 1 aromatic heterocycles. The summed E-state index contributed by atoms with van der Waals surface area (Å²) in [7, 11) is 0. The van der Waals surface area contributed by atoms with Gasteiger partial charge in [0, 0.05) is 0 Å². The highest BCUT2D eigenvalue weighted by Crippen LogP contribution is 2.19. The van der Waals surface area contributed by atoms with E-state index in [9.17, 15) is 4.79 Å². The summed E-state index contributed by atoms with van der Waals surface area (Å²) in [6.45, 7) is 4.64. The van der Waals surface area contributed by atoms with Gasteiger partial charge in [0.1, 0.15) is 0 Å². The highest BCUT2D eigenvalue weighted by atomic mass is 16.2. The zero-order valence-corrected chi connectivity index (χ0v) is 9.45. The topological polar surface area (TPSA) is 95.6 Å². The number of aromatic nitrogens is 4. The number of nitrogens with one attached hydrogen (secondary N) is 3. The van der Waals surface area contributed by atoms with Gasteiger partial charge in [-0.1, -0.05) is 5.21 Å². The molecule has 1 amide bonds. The second-order valence-corrected chi connectivity index (χ2v) is 4.33. The van der Waals surface area contributed by atoms with Crippen molar-refractivity contribution >= 4 is 5.91 Å². The number of carbonyl (C=O) groups excluding carboxylic acids is 1. The zero-order chi connectivity index (χ0) is 11.6. The van der Waals surface area contributed by atoms with Gasteiger partial charge in [-0.3, -0.25) is 4.79 Å². The van der Waals surface area contributed by atoms with Crippen LogP contribution in [0.15, 0.2) is 0 Å². The van der Waals surface area contributed by atoms with Crippen molar-refractivity contribution in [2.45, 2.75) is 38.3 Å². The summed E-state index contributed by atoms with van der Waals surface area (Å²) in [5, 5.41) is 19.6. The third kappa shape index (κ3) is 2.04. The maximum Gasteiger partial charge on any atom is 0.240 e. The Bertz CT molecular complexity index is 356. The van der Waals surface area contributed by atoms with Crippen molar-refractivity contribution in [2.24, 2.45) is 0 Å². The zero-order valence-electron chi connectivity index (χ0n) is 9.45. The van der Waals surface area contributed by atoms with Gasteiger partial charge >= 0.3 is 0 Å². The fourth-order valence-electron chi connectivity index (χ4n) is 1.86. The molecule has 3 N–H and O–H groups in total. The summed E-state index contributed by atoms with van der Waals surface area (Å²) >= 11 is 0. The first-order valence-corrected chi connectivity index (χ1v) is 5.41. The predicted octanol–water partition coefficient (Wildman–Crippen LogP) is -0.481. The number of nitrogens with zero attached hydrogens (tertiary/aromatic N) is 3. The van der Waals surface area contributed by atoms with E-state index in [0.29, 0.717) is 5.82 Å². The SMILES string of the molecule is CC(NC(=O)C1(C)CCCN1)c1nn[nH]n1. The van der Waals surface area contributed by atoms with Crippen LogP contribution in [0.2, 0.25) is 0 Å². The third-order valence-electron chi connectivity index (χ3n) is 2.97. The summed E-state index contributed by atoms with van der Waals surface area (Å²) in [5.41, 5.74) is -0.460. The van der Waals surface area contributed by atoms with E-state index >= 15 is 0 Å². The Kier molecular flexibility index (Phi) is 2.86. The first-order valence-electron chi connectivity index (χ1n) is 5.41. The highest BCUT2D eigenvalue weighted by Gasteiger charge is 2.36. The van der Waals surface area contributed by atoms with Crippen LogP contribution in [0.1, 0.15) is 38.6 Å². The molecule has 0 saturated carbocycles.